The van der Waals surface area contributed by atoms with Gasteiger partial charge in [-0.15, -0.1) is 0 Å². The summed E-state index contributed by atoms with van der Waals surface area (Å²) in [5.74, 6) is 0.201. The average molecular weight is 233 g/mol. The minimum absolute atomic E-state index is 0.141. The fraction of sp³-hybridized carbons (Fsp3) is 0.583. The quantitative estimate of drug-likeness (QED) is 0.746. The summed E-state index contributed by atoms with van der Waals surface area (Å²) in [5.41, 5.74) is 0.0554. The number of nitrogens with zero attached hydrogens (tertiary/aromatic N) is 3. The van der Waals surface area contributed by atoms with Gasteiger partial charge in [0.15, 0.2) is 0 Å². The molecule has 0 saturated carbocycles. The van der Waals surface area contributed by atoms with Gasteiger partial charge in [-0.05, 0) is 18.8 Å². The first kappa shape index (κ1) is 11.6. The van der Waals surface area contributed by atoms with Crippen molar-refractivity contribution in [2.75, 3.05) is 0 Å². The molecule has 0 unspecified atom stereocenters. The van der Waals surface area contributed by atoms with Crippen molar-refractivity contribution in [2.45, 2.75) is 39.8 Å². The number of nitriles is 1. The number of fused-ring (bicyclic) bond motifs is 1. The second kappa shape index (κ2) is 4.21. The molecular formula is C12H15N3O2. The van der Waals surface area contributed by atoms with Gasteiger partial charge in [-0.25, -0.2) is 4.79 Å². The molecule has 2 rings (SSSR count). The third-order valence-electron chi connectivity index (χ3n) is 2.99. The van der Waals surface area contributed by atoms with Crippen molar-refractivity contribution in [3.8, 4) is 6.07 Å². The Morgan fingerprint density at radius 3 is 2.71 bits per heavy atom. The van der Waals surface area contributed by atoms with Crippen LogP contribution in [0.25, 0.3) is 0 Å². The molecule has 0 amide bonds. The molecule has 0 N–H and O–H groups in total. The lowest BCUT2D eigenvalue weighted by Gasteiger charge is -2.12. The maximum atomic E-state index is 12.1. The highest BCUT2D eigenvalue weighted by molar-refractivity contribution is 5.32. The van der Waals surface area contributed by atoms with Crippen LogP contribution in [-0.2, 0) is 19.5 Å². The monoisotopic (exact) mass is 233 g/mol. The normalized spacial score (nSPS) is 13.8. The number of hydrogen-bond donors (Lipinski definition) is 0. The molecule has 0 bridgehead atoms. The summed E-state index contributed by atoms with van der Waals surface area (Å²) in [5, 5.41) is 9.05. The summed E-state index contributed by atoms with van der Waals surface area (Å²) in [6.07, 6.45) is 1.48. The number of aromatic nitrogens is 2. The molecule has 0 saturated heterocycles. The summed E-state index contributed by atoms with van der Waals surface area (Å²) in [6.45, 7) is 4.86. The molecule has 1 aliphatic heterocycles. The van der Waals surface area contributed by atoms with Crippen LogP contribution in [0.2, 0.25) is 0 Å². The van der Waals surface area contributed by atoms with Crippen molar-refractivity contribution in [3.63, 3.8) is 0 Å². The molecule has 0 radical (unpaired) electrons. The van der Waals surface area contributed by atoms with E-state index in [1.165, 1.54) is 4.57 Å². The second-order valence-corrected chi connectivity index (χ2v) is 4.78. The summed E-state index contributed by atoms with van der Waals surface area (Å²) in [6, 6.07) is 1.94. The van der Waals surface area contributed by atoms with Crippen LogP contribution in [0, 0.1) is 17.2 Å². The Kier molecular flexibility index (Phi) is 2.88. The summed E-state index contributed by atoms with van der Waals surface area (Å²) < 4.78 is 2.76. The highest BCUT2D eigenvalue weighted by Crippen LogP contribution is 2.13. The third-order valence-corrected chi connectivity index (χ3v) is 2.99. The Morgan fingerprint density at radius 1 is 1.41 bits per heavy atom. The molecule has 2 heterocycles. The molecule has 1 aromatic heterocycles. The minimum atomic E-state index is -0.431. The van der Waals surface area contributed by atoms with E-state index < -0.39 is 5.56 Å². The predicted molar refractivity (Wildman–Crippen MR) is 62.8 cm³/mol. The van der Waals surface area contributed by atoms with Gasteiger partial charge in [0.25, 0.3) is 5.56 Å². The van der Waals surface area contributed by atoms with E-state index in [-0.39, 0.29) is 17.2 Å². The van der Waals surface area contributed by atoms with Crippen molar-refractivity contribution in [1.29, 1.82) is 5.26 Å². The first-order valence-electron chi connectivity index (χ1n) is 5.83. The molecule has 0 fully saturated rings. The van der Waals surface area contributed by atoms with Crippen LogP contribution in [0.4, 0.5) is 0 Å². The highest BCUT2D eigenvalue weighted by atomic mass is 16.2. The van der Waals surface area contributed by atoms with Crippen molar-refractivity contribution in [1.82, 2.24) is 9.13 Å². The predicted octanol–water partition coefficient (Wildman–Crippen LogP) is 0.484. The van der Waals surface area contributed by atoms with E-state index in [9.17, 15) is 9.59 Å². The van der Waals surface area contributed by atoms with E-state index in [1.54, 1.807) is 4.57 Å². The van der Waals surface area contributed by atoms with Gasteiger partial charge in [0.05, 0.1) is 0 Å². The minimum Gasteiger partial charge on any atom is -0.296 e. The van der Waals surface area contributed by atoms with Crippen LogP contribution in [0.15, 0.2) is 9.59 Å². The molecule has 1 aliphatic rings. The van der Waals surface area contributed by atoms with Crippen molar-refractivity contribution < 1.29 is 0 Å². The van der Waals surface area contributed by atoms with E-state index in [0.717, 1.165) is 6.42 Å². The van der Waals surface area contributed by atoms with Crippen LogP contribution in [-0.4, -0.2) is 9.13 Å². The number of hydrogen-bond acceptors (Lipinski definition) is 3. The fourth-order valence-corrected chi connectivity index (χ4v) is 2.28. The maximum absolute atomic E-state index is 12.1. The van der Waals surface area contributed by atoms with E-state index >= 15 is 0 Å². The lowest BCUT2D eigenvalue weighted by molar-refractivity contribution is 0.472. The van der Waals surface area contributed by atoms with Crippen LogP contribution in [0.5, 0.6) is 0 Å². The Hall–Kier alpha value is -1.83. The van der Waals surface area contributed by atoms with Gasteiger partial charge in [0, 0.05) is 18.8 Å². The van der Waals surface area contributed by atoms with Gasteiger partial charge in [0.1, 0.15) is 11.6 Å². The molecule has 0 spiro atoms. The zero-order valence-electron chi connectivity index (χ0n) is 10.1. The molecular weight excluding hydrogens is 218 g/mol. The smallest absolute Gasteiger partial charge is 0.296 e. The van der Waals surface area contributed by atoms with Crippen molar-refractivity contribution in [3.05, 3.63) is 32.1 Å². The second-order valence-electron chi connectivity index (χ2n) is 4.78. The Labute approximate surface area is 98.9 Å². The lowest BCUT2D eigenvalue weighted by atomic mass is 10.2. The lowest BCUT2D eigenvalue weighted by Crippen LogP contribution is -2.42. The summed E-state index contributed by atoms with van der Waals surface area (Å²) >= 11 is 0. The molecule has 17 heavy (non-hydrogen) atoms. The zero-order valence-corrected chi connectivity index (χ0v) is 10.1. The molecule has 0 atom stereocenters. The summed E-state index contributed by atoms with van der Waals surface area (Å²) in [4.78, 5) is 24.1. The van der Waals surface area contributed by atoms with E-state index in [1.807, 2.05) is 19.9 Å². The van der Waals surface area contributed by atoms with Crippen LogP contribution in [0.1, 0.15) is 31.5 Å². The highest BCUT2D eigenvalue weighted by Gasteiger charge is 2.22. The summed E-state index contributed by atoms with van der Waals surface area (Å²) in [7, 11) is 0. The standard InChI is InChI=1S/C12H15N3O2/c1-8(2)7-15-11(16)9(6-13)10-4-3-5-14(10)12(15)17/h8H,3-5,7H2,1-2H3. The first-order valence-corrected chi connectivity index (χ1v) is 5.83. The van der Waals surface area contributed by atoms with Crippen LogP contribution < -0.4 is 11.2 Å². The Balaban J connectivity index is 2.75. The van der Waals surface area contributed by atoms with Crippen LogP contribution in [0.3, 0.4) is 0 Å². The van der Waals surface area contributed by atoms with Gasteiger partial charge in [-0.3, -0.25) is 13.9 Å². The van der Waals surface area contributed by atoms with E-state index in [0.29, 0.717) is 25.2 Å². The van der Waals surface area contributed by atoms with E-state index in [4.69, 9.17) is 5.26 Å². The molecule has 1 aromatic rings. The maximum Gasteiger partial charge on any atom is 0.331 e. The average Bonchev–Trinajstić information content (AvgIpc) is 2.73. The first-order chi connectivity index (χ1) is 8.06. The molecule has 0 aliphatic carbocycles. The molecule has 5 nitrogen and oxygen atoms in total. The SMILES string of the molecule is CC(C)Cn1c(=O)c(C#N)c2n(c1=O)CCC2. The third kappa shape index (κ3) is 1.80. The molecule has 0 aromatic carbocycles. The topological polar surface area (TPSA) is 67.8 Å². The van der Waals surface area contributed by atoms with Gasteiger partial charge in [-0.1, -0.05) is 13.8 Å². The van der Waals surface area contributed by atoms with Crippen molar-refractivity contribution >= 4 is 0 Å². The van der Waals surface area contributed by atoms with Gasteiger partial charge < -0.3 is 0 Å². The largest absolute Gasteiger partial charge is 0.331 e. The molecule has 90 valence electrons. The Bertz CT molecular complexity index is 602. The van der Waals surface area contributed by atoms with E-state index in [2.05, 4.69) is 0 Å². The van der Waals surface area contributed by atoms with Crippen LogP contribution >= 0.6 is 0 Å². The fourth-order valence-electron chi connectivity index (χ4n) is 2.28. The van der Waals surface area contributed by atoms with Gasteiger partial charge in [0.2, 0.25) is 0 Å². The molecule has 5 heteroatoms. The van der Waals surface area contributed by atoms with Gasteiger partial charge >= 0.3 is 5.69 Å². The zero-order chi connectivity index (χ0) is 12.6. The number of rotatable bonds is 2. The van der Waals surface area contributed by atoms with Gasteiger partial charge in [-0.2, -0.15) is 5.26 Å². The van der Waals surface area contributed by atoms with Crippen molar-refractivity contribution in [2.24, 2.45) is 5.92 Å². The Morgan fingerprint density at radius 2 is 2.12 bits per heavy atom.